The minimum absolute atomic E-state index is 0.0393. The molecule has 1 aliphatic carbocycles. The highest BCUT2D eigenvalue weighted by atomic mass is 16.5. The summed E-state index contributed by atoms with van der Waals surface area (Å²) >= 11 is 0. The topological polar surface area (TPSA) is 80.7 Å². The fourth-order valence-corrected chi connectivity index (χ4v) is 2.65. The van der Waals surface area contributed by atoms with Crippen LogP contribution in [0.5, 0.6) is 11.5 Å². The Kier molecular flexibility index (Phi) is 3.68. The van der Waals surface area contributed by atoms with Gasteiger partial charge in [-0.1, -0.05) is 13.8 Å². The molecule has 1 aromatic carbocycles. The second-order valence-electron chi connectivity index (χ2n) is 5.25. The van der Waals surface area contributed by atoms with Crippen molar-refractivity contribution >= 4 is 17.9 Å². The Morgan fingerprint density at radius 2 is 1.86 bits per heavy atom. The van der Waals surface area contributed by atoms with E-state index in [1.807, 2.05) is 13.8 Å². The lowest BCUT2D eigenvalue weighted by molar-refractivity contribution is 0.0979. The lowest BCUT2D eigenvalue weighted by atomic mass is 9.80. The summed E-state index contributed by atoms with van der Waals surface area (Å²) in [6.07, 6.45) is 1.56. The highest BCUT2D eigenvalue weighted by Gasteiger charge is 2.34. The summed E-state index contributed by atoms with van der Waals surface area (Å²) in [6.45, 7) is 5.19. The smallest absolute Gasteiger partial charge is 0.190 e. The number of carbonyl (C=O) groups is 3. The molecule has 0 saturated carbocycles. The molecule has 5 heteroatoms. The number of hydrogen-bond acceptors (Lipinski definition) is 5. The second-order valence-corrected chi connectivity index (χ2v) is 5.25. The summed E-state index contributed by atoms with van der Waals surface area (Å²) in [4.78, 5) is 36.0. The van der Waals surface area contributed by atoms with Crippen LogP contribution in [-0.2, 0) is 0 Å². The molecule has 110 valence electrons. The van der Waals surface area contributed by atoms with E-state index in [0.29, 0.717) is 17.4 Å². The first-order chi connectivity index (χ1) is 9.84. The Morgan fingerprint density at radius 1 is 1.24 bits per heavy atom. The van der Waals surface area contributed by atoms with Crippen LogP contribution in [0.4, 0.5) is 0 Å². The zero-order valence-electron chi connectivity index (χ0n) is 12.3. The molecule has 0 aliphatic heterocycles. The van der Waals surface area contributed by atoms with Crippen molar-refractivity contribution in [2.45, 2.75) is 26.7 Å². The van der Waals surface area contributed by atoms with Crippen LogP contribution in [0, 0.1) is 0 Å². The minimum atomic E-state index is -0.455. The summed E-state index contributed by atoms with van der Waals surface area (Å²) in [5.74, 6) is -1.27. The largest absolute Gasteiger partial charge is 0.504 e. The number of carbonyl (C=O) groups excluding carboxylic acids is 3. The Morgan fingerprint density at radius 3 is 2.33 bits per heavy atom. The van der Waals surface area contributed by atoms with Crippen LogP contribution in [0.15, 0.2) is 11.6 Å². The molecule has 0 atom stereocenters. The normalized spacial score (nSPS) is 14.0. The van der Waals surface area contributed by atoms with Crippen molar-refractivity contribution in [3.8, 4) is 11.5 Å². The van der Waals surface area contributed by atoms with E-state index in [1.54, 1.807) is 6.92 Å². The predicted octanol–water partition coefficient (Wildman–Crippen LogP) is 2.66. The molecule has 1 aromatic rings. The van der Waals surface area contributed by atoms with Gasteiger partial charge in [-0.3, -0.25) is 14.4 Å². The van der Waals surface area contributed by atoms with Gasteiger partial charge in [0.2, 0.25) is 0 Å². The first kappa shape index (κ1) is 15.0. The van der Waals surface area contributed by atoms with Crippen molar-refractivity contribution < 1.29 is 24.2 Å². The number of rotatable bonds is 3. The number of ketones is 2. The van der Waals surface area contributed by atoms with Gasteiger partial charge in [0.25, 0.3) is 0 Å². The Labute approximate surface area is 122 Å². The van der Waals surface area contributed by atoms with E-state index in [1.165, 1.54) is 13.2 Å². The third kappa shape index (κ3) is 2.05. The summed E-state index contributed by atoms with van der Waals surface area (Å²) in [6, 6.07) is 0. The third-order valence-corrected chi connectivity index (χ3v) is 3.58. The molecule has 0 radical (unpaired) electrons. The maximum absolute atomic E-state index is 12.5. The van der Waals surface area contributed by atoms with Gasteiger partial charge in [-0.05, 0) is 18.9 Å². The van der Waals surface area contributed by atoms with Gasteiger partial charge in [-0.15, -0.1) is 0 Å². The quantitative estimate of drug-likeness (QED) is 0.865. The zero-order chi connectivity index (χ0) is 15.9. The van der Waals surface area contributed by atoms with Crippen molar-refractivity contribution in [3.05, 3.63) is 33.9 Å². The lowest BCUT2D eigenvalue weighted by Gasteiger charge is -2.24. The highest BCUT2D eigenvalue weighted by Crippen LogP contribution is 2.44. The van der Waals surface area contributed by atoms with E-state index in [2.05, 4.69) is 0 Å². The predicted molar refractivity (Wildman–Crippen MR) is 76.6 cm³/mol. The van der Waals surface area contributed by atoms with Crippen molar-refractivity contribution in [2.75, 3.05) is 7.11 Å². The van der Waals surface area contributed by atoms with Gasteiger partial charge in [-0.2, -0.15) is 0 Å². The van der Waals surface area contributed by atoms with Gasteiger partial charge in [0.1, 0.15) is 0 Å². The molecular weight excluding hydrogens is 272 g/mol. The lowest BCUT2D eigenvalue weighted by Crippen LogP contribution is -2.21. The van der Waals surface area contributed by atoms with Crippen molar-refractivity contribution in [1.29, 1.82) is 0 Å². The summed E-state index contributed by atoms with van der Waals surface area (Å²) in [5.41, 5.74) is 0.670. The molecule has 0 spiro atoms. The molecule has 0 bridgehead atoms. The van der Waals surface area contributed by atoms with Crippen LogP contribution < -0.4 is 4.74 Å². The van der Waals surface area contributed by atoms with Gasteiger partial charge < -0.3 is 9.84 Å². The van der Waals surface area contributed by atoms with E-state index < -0.39 is 11.5 Å². The number of methoxy groups -OCH3 is 1. The van der Waals surface area contributed by atoms with Crippen LogP contribution in [0.25, 0.3) is 0 Å². The molecule has 0 heterocycles. The maximum Gasteiger partial charge on any atom is 0.190 e. The molecule has 1 aliphatic rings. The van der Waals surface area contributed by atoms with E-state index in [-0.39, 0.29) is 34.1 Å². The summed E-state index contributed by atoms with van der Waals surface area (Å²) in [7, 11) is 1.35. The van der Waals surface area contributed by atoms with Gasteiger partial charge in [0, 0.05) is 22.3 Å². The molecule has 0 amide bonds. The Balaban J connectivity index is 3.03. The molecule has 0 saturated heterocycles. The maximum atomic E-state index is 12.5. The van der Waals surface area contributed by atoms with Gasteiger partial charge >= 0.3 is 0 Å². The molecule has 0 fully saturated rings. The number of allylic oxidation sites excluding steroid dienone is 2. The summed E-state index contributed by atoms with van der Waals surface area (Å²) < 4.78 is 5.17. The Bertz CT molecular complexity index is 695. The minimum Gasteiger partial charge on any atom is -0.504 e. The van der Waals surface area contributed by atoms with Crippen molar-refractivity contribution in [2.24, 2.45) is 0 Å². The SMILES string of the molecule is COc1c(O)c(C=O)c2c(c1C(C)C)C(=O)C(C)=CC2=O. The van der Waals surface area contributed by atoms with Gasteiger partial charge in [-0.25, -0.2) is 0 Å². The molecule has 2 rings (SSSR count). The molecule has 0 unspecified atom stereocenters. The monoisotopic (exact) mass is 288 g/mol. The molecule has 1 N–H and O–H groups in total. The van der Waals surface area contributed by atoms with Gasteiger partial charge in [0.15, 0.2) is 29.4 Å². The van der Waals surface area contributed by atoms with E-state index >= 15 is 0 Å². The third-order valence-electron chi connectivity index (χ3n) is 3.58. The van der Waals surface area contributed by atoms with Crippen LogP contribution in [0.1, 0.15) is 63.3 Å². The van der Waals surface area contributed by atoms with E-state index in [4.69, 9.17) is 4.74 Å². The number of Topliss-reactive ketones (excluding diaryl/α,β-unsaturated/α-hetero) is 1. The molecule has 21 heavy (non-hydrogen) atoms. The second kappa shape index (κ2) is 5.16. The van der Waals surface area contributed by atoms with E-state index in [9.17, 15) is 19.5 Å². The number of phenolic OH excluding ortho intramolecular Hbond substituents is 1. The van der Waals surface area contributed by atoms with E-state index in [0.717, 1.165) is 0 Å². The number of aldehydes is 1. The van der Waals surface area contributed by atoms with Crippen molar-refractivity contribution in [3.63, 3.8) is 0 Å². The zero-order valence-corrected chi connectivity index (χ0v) is 12.3. The number of benzene rings is 1. The number of phenols is 1. The van der Waals surface area contributed by atoms with Crippen LogP contribution in [0.3, 0.4) is 0 Å². The number of hydrogen-bond donors (Lipinski definition) is 1. The average molecular weight is 288 g/mol. The summed E-state index contributed by atoms with van der Waals surface area (Å²) in [5, 5.41) is 10.2. The van der Waals surface area contributed by atoms with Crippen LogP contribution in [0.2, 0.25) is 0 Å². The number of aromatic hydroxyl groups is 1. The van der Waals surface area contributed by atoms with Crippen LogP contribution in [-0.4, -0.2) is 30.1 Å². The van der Waals surface area contributed by atoms with Crippen molar-refractivity contribution in [1.82, 2.24) is 0 Å². The molecule has 5 nitrogen and oxygen atoms in total. The first-order valence-electron chi connectivity index (χ1n) is 6.54. The first-order valence-corrected chi connectivity index (χ1v) is 6.54. The Hall–Kier alpha value is -2.43. The number of ether oxygens (including phenoxy) is 1. The number of fused-ring (bicyclic) bond motifs is 1. The van der Waals surface area contributed by atoms with Gasteiger partial charge in [0.05, 0.1) is 12.7 Å². The molecule has 0 aromatic heterocycles. The standard InChI is InChI=1S/C16H16O5/c1-7(2)11-13-12(10(18)5-8(3)14(13)19)9(6-17)15(20)16(11)21-4/h5-7,20H,1-4H3. The fraction of sp³-hybridized carbons (Fsp3) is 0.312. The highest BCUT2D eigenvalue weighted by molar-refractivity contribution is 6.27. The average Bonchev–Trinajstić information content (AvgIpc) is 2.43. The van der Waals surface area contributed by atoms with Crippen LogP contribution >= 0.6 is 0 Å². The fourth-order valence-electron chi connectivity index (χ4n) is 2.65. The molecular formula is C16H16O5.